The standard InChI is InChI=1S/C14H14ClN3O/c15-14-17-8-11(16)13(18-14)19-12-7-3-5-9-4-1-2-6-10(9)12/h1-2,4,6,8,12H,3,5,7,16H2. The maximum absolute atomic E-state index is 5.93. The zero-order valence-corrected chi connectivity index (χ0v) is 11.1. The number of fused-ring (bicyclic) bond motifs is 1. The first-order valence-electron chi connectivity index (χ1n) is 6.26. The van der Waals surface area contributed by atoms with Gasteiger partial charge in [0.05, 0.1) is 6.20 Å². The van der Waals surface area contributed by atoms with E-state index in [0.717, 1.165) is 19.3 Å². The molecule has 5 heteroatoms. The normalized spacial score (nSPS) is 17.8. The number of halogens is 1. The van der Waals surface area contributed by atoms with Gasteiger partial charge in [0.25, 0.3) is 0 Å². The molecule has 0 amide bonds. The summed E-state index contributed by atoms with van der Waals surface area (Å²) in [7, 11) is 0. The number of nitrogens with zero attached hydrogens (tertiary/aromatic N) is 2. The second kappa shape index (κ2) is 5.05. The Hall–Kier alpha value is -1.81. The monoisotopic (exact) mass is 275 g/mol. The van der Waals surface area contributed by atoms with Crippen molar-refractivity contribution in [2.24, 2.45) is 0 Å². The third kappa shape index (κ3) is 2.49. The van der Waals surface area contributed by atoms with E-state index in [4.69, 9.17) is 22.1 Å². The number of nitrogen functional groups attached to an aromatic ring is 1. The highest BCUT2D eigenvalue weighted by molar-refractivity contribution is 6.28. The minimum atomic E-state index is -0.0155. The van der Waals surface area contributed by atoms with E-state index in [1.165, 1.54) is 17.3 Å². The molecule has 2 N–H and O–H groups in total. The van der Waals surface area contributed by atoms with Crippen LogP contribution < -0.4 is 10.5 Å². The van der Waals surface area contributed by atoms with Gasteiger partial charge in [-0.15, -0.1) is 0 Å². The van der Waals surface area contributed by atoms with E-state index in [2.05, 4.69) is 28.2 Å². The van der Waals surface area contributed by atoms with Crippen molar-refractivity contribution in [3.05, 3.63) is 46.9 Å². The van der Waals surface area contributed by atoms with E-state index in [-0.39, 0.29) is 11.4 Å². The quantitative estimate of drug-likeness (QED) is 0.855. The number of hydrogen-bond donors (Lipinski definition) is 1. The Balaban J connectivity index is 1.90. The minimum absolute atomic E-state index is 0.0155. The maximum atomic E-state index is 5.93. The van der Waals surface area contributed by atoms with Crippen LogP contribution in [-0.2, 0) is 6.42 Å². The summed E-state index contributed by atoms with van der Waals surface area (Å²) in [6, 6.07) is 8.31. The number of rotatable bonds is 2. The summed E-state index contributed by atoms with van der Waals surface area (Å²) in [6.07, 6.45) is 4.60. The maximum Gasteiger partial charge on any atom is 0.242 e. The van der Waals surface area contributed by atoms with Crippen molar-refractivity contribution in [2.75, 3.05) is 5.73 Å². The summed E-state index contributed by atoms with van der Waals surface area (Å²) in [5.41, 5.74) is 8.77. The van der Waals surface area contributed by atoms with Crippen molar-refractivity contribution in [1.82, 2.24) is 9.97 Å². The zero-order valence-electron chi connectivity index (χ0n) is 10.3. The van der Waals surface area contributed by atoms with Gasteiger partial charge in [0.15, 0.2) is 0 Å². The van der Waals surface area contributed by atoms with Crippen LogP contribution >= 0.6 is 11.6 Å². The Kier molecular flexibility index (Phi) is 3.25. The van der Waals surface area contributed by atoms with Crippen molar-refractivity contribution in [3.8, 4) is 5.88 Å². The van der Waals surface area contributed by atoms with Gasteiger partial charge in [0.1, 0.15) is 11.8 Å². The zero-order chi connectivity index (χ0) is 13.2. The van der Waals surface area contributed by atoms with Gasteiger partial charge in [-0.2, -0.15) is 4.98 Å². The van der Waals surface area contributed by atoms with Gasteiger partial charge in [-0.1, -0.05) is 24.3 Å². The van der Waals surface area contributed by atoms with Crippen LogP contribution in [0, 0.1) is 0 Å². The second-order valence-electron chi connectivity index (χ2n) is 4.60. The molecule has 19 heavy (non-hydrogen) atoms. The van der Waals surface area contributed by atoms with Gasteiger partial charge in [-0.05, 0) is 42.0 Å². The lowest BCUT2D eigenvalue weighted by atomic mass is 9.89. The van der Waals surface area contributed by atoms with Crippen molar-refractivity contribution >= 4 is 17.3 Å². The molecule has 0 saturated carbocycles. The molecular weight excluding hydrogens is 262 g/mol. The van der Waals surface area contributed by atoms with Crippen molar-refractivity contribution in [1.29, 1.82) is 0 Å². The van der Waals surface area contributed by atoms with Crippen LogP contribution in [0.25, 0.3) is 0 Å². The summed E-state index contributed by atoms with van der Waals surface area (Å²) < 4.78 is 5.93. The lowest BCUT2D eigenvalue weighted by molar-refractivity contribution is 0.177. The average molecular weight is 276 g/mol. The van der Waals surface area contributed by atoms with Crippen LogP contribution in [0.2, 0.25) is 5.28 Å². The van der Waals surface area contributed by atoms with Gasteiger partial charge in [-0.3, -0.25) is 0 Å². The Morgan fingerprint density at radius 2 is 2.16 bits per heavy atom. The SMILES string of the molecule is Nc1cnc(Cl)nc1OC1CCCc2ccccc21. The molecule has 0 radical (unpaired) electrons. The smallest absolute Gasteiger partial charge is 0.242 e. The molecule has 1 aliphatic rings. The molecule has 3 rings (SSSR count). The molecule has 1 aliphatic carbocycles. The highest BCUT2D eigenvalue weighted by Crippen LogP contribution is 2.34. The molecule has 1 unspecified atom stereocenters. The number of aromatic nitrogens is 2. The first kappa shape index (κ1) is 12.2. The molecule has 98 valence electrons. The second-order valence-corrected chi connectivity index (χ2v) is 4.94. The minimum Gasteiger partial charge on any atom is -0.468 e. The summed E-state index contributed by atoms with van der Waals surface area (Å²) in [5, 5.41) is 0.147. The van der Waals surface area contributed by atoms with E-state index in [0.29, 0.717) is 11.6 Å². The van der Waals surface area contributed by atoms with Crippen LogP contribution in [0.3, 0.4) is 0 Å². The van der Waals surface area contributed by atoms with Gasteiger partial charge in [-0.25, -0.2) is 4.98 Å². The fraction of sp³-hybridized carbons (Fsp3) is 0.286. The number of nitrogens with two attached hydrogens (primary N) is 1. The van der Waals surface area contributed by atoms with Gasteiger partial charge in [0, 0.05) is 0 Å². The first-order chi connectivity index (χ1) is 9.24. The Morgan fingerprint density at radius 3 is 3.05 bits per heavy atom. The highest BCUT2D eigenvalue weighted by Gasteiger charge is 2.22. The molecule has 1 heterocycles. The van der Waals surface area contributed by atoms with Crippen LogP contribution in [0.1, 0.15) is 30.1 Å². The van der Waals surface area contributed by atoms with E-state index in [1.807, 2.05) is 6.07 Å². The fourth-order valence-electron chi connectivity index (χ4n) is 2.42. The largest absolute Gasteiger partial charge is 0.468 e. The van der Waals surface area contributed by atoms with Crippen LogP contribution in [0.5, 0.6) is 5.88 Å². The molecule has 0 spiro atoms. The van der Waals surface area contributed by atoms with Crippen molar-refractivity contribution in [3.63, 3.8) is 0 Å². The predicted molar refractivity (Wildman–Crippen MR) is 74.2 cm³/mol. The third-order valence-electron chi connectivity index (χ3n) is 3.32. The molecule has 2 aromatic rings. The molecule has 1 aromatic carbocycles. The van der Waals surface area contributed by atoms with E-state index in [1.54, 1.807) is 0 Å². The molecule has 0 fully saturated rings. The lowest BCUT2D eigenvalue weighted by Gasteiger charge is -2.26. The predicted octanol–water partition coefficient (Wildman–Crippen LogP) is 3.17. The van der Waals surface area contributed by atoms with E-state index < -0.39 is 0 Å². The molecule has 0 aliphatic heterocycles. The van der Waals surface area contributed by atoms with E-state index >= 15 is 0 Å². The van der Waals surface area contributed by atoms with Crippen LogP contribution in [0.4, 0.5) is 5.69 Å². The third-order valence-corrected chi connectivity index (χ3v) is 3.50. The Labute approximate surface area is 116 Å². The molecule has 1 atom stereocenters. The lowest BCUT2D eigenvalue weighted by Crippen LogP contribution is -2.16. The highest BCUT2D eigenvalue weighted by atomic mass is 35.5. The average Bonchev–Trinajstić information content (AvgIpc) is 2.43. The molecular formula is C14H14ClN3O. The number of benzene rings is 1. The van der Waals surface area contributed by atoms with Crippen molar-refractivity contribution < 1.29 is 4.74 Å². The molecule has 0 saturated heterocycles. The first-order valence-corrected chi connectivity index (χ1v) is 6.64. The number of anilines is 1. The molecule has 1 aromatic heterocycles. The summed E-state index contributed by atoms with van der Waals surface area (Å²) in [6.45, 7) is 0. The fourth-order valence-corrected chi connectivity index (χ4v) is 2.54. The van der Waals surface area contributed by atoms with Crippen LogP contribution in [0.15, 0.2) is 30.5 Å². The summed E-state index contributed by atoms with van der Waals surface area (Å²) >= 11 is 5.78. The number of ether oxygens (including phenoxy) is 1. The van der Waals surface area contributed by atoms with Gasteiger partial charge < -0.3 is 10.5 Å². The van der Waals surface area contributed by atoms with Crippen LogP contribution in [-0.4, -0.2) is 9.97 Å². The van der Waals surface area contributed by atoms with E-state index in [9.17, 15) is 0 Å². The topological polar surface area (TPSA) is 61.0 Å². The molecule has 4 nitrogen and oxygen atoms in total. The number of hydrogen-bond acceptors (Lipinski definition) is 4. The summed E-state index contributed by atoms with van der Waals surface area (Å²) in [5.74, 6) is 0.363. The Morgan fingerprint density at radius 1 is 1.32 bits per heavy atom. The summed E-state index contributed by atoms with van der Waals surface area (Å²) in [4.78, 5) is 7.87. The van der Waals surface area contributed by atoms with Crippen molar-refractivity contribution in [2.45, 2.75) is 25.4 Å². The number of aryl methyl sites for hydroxylation is 1. The van der Waals surface area contributed by atoms with Gasteiger partial charge in [0.2, 0.25) is 11.2 Å². The van der Waals surface area contributed by atoms with Gasteiger partial charge >= 0.3 is 0 Å². The molecule has 0 bridgehead atoms. The Bertz CT molecular complexity index is 603.